The highest BCUT2D eigenvalue weighted by Gasteiger charge is 2.21. The van der Waals surface area contributed by atoms with E-state index in [4.69, 9.17) is 27.1 Å². The van der Waals surface area contributed by atoms with Crippen molar-refractivity contribution in [3.05, 3.63) is 69.1 Å². The number of anilines is 1. The van der Waals surface area contributed by atoms with Gasteiger partial charge in [-0.05, 0) is 29.8 Å². The molecule has 2 aromatic carbocycles. The summed E-state index contributed by atoms with van der Waals surface area (Å²) in [7, 11) is 1.62. The molecule has 0 bridgehead atoms. The Hall–Kier alpha value is -2.85. The molecule has 0 atom stereocenters. The Morgan fingerprint density at radius 1 is 1.06 bits per heavy atom. The van der Waals surface area contributed by atoms with Crippen molar-refractivity contribution in [1.29, 1.82) is 0 Å². The van der Waals surface area contributed by atoms with Crippen LogP contribution in [0.5, 0.6) is 0 Å². The van der Waals surface area contributed by atoms with E-state index in [1.54, 1.807) is 11.6 Å². The van der Waals surface area contributed by atoms with Crippen LogP contribution in [0.2, 0.25) is 5.02 Å². The van der Waals surface area contributed by atoms with Gasteiger partial charge in [0.2, 0.25) is 0 Å². The van der Waals surface area contributed by atoms with Gasteiger partial charge in [0.15, 0.2) is 17.2 Å². The monoisotopic (exact) mass is 526 g/mol. The third-order valence-corrected chi connectivity index (χ3v) is 6.54. The molecule has 2 N–H and O–H groups in total. The number of hydrogen-bond acceptors (Lipinski definition) is 7. The summed E-state index contributed by atoms with van der Waals surface area (Å²) in [4.78, 5) is 4.72. The van der Waals surface area contributed by atoms with Crippen LogP contribution in [-0.4, -0.2) is 31.9 Å². The number of benzene rings is 2. The number of halogens is 2. The molecule has 5 aromatic rings. The minimum absolute atomic E-state index is 0.307. The summed E-state index contributed by atoms with van der Waals surface area (Å²) >= 11 is 11.0. The summed E-state index contributed by atoms with van der Waals surface area (Å²) in [5.41, 5.74) is 11.8. The number of rotatable bonds is 5. The number of aromatic nitrogens is 5. The van der Waals surface area contributed by atoms with Crippen LogP contribution >= 0.6 is 38.9 Å². The van der Waals surface area contributed by atoms with Crippen LogP contribution in [0.3, 0.4) is 0 Å². The molecule has 0 unspecified atom stereocenters. The second kappa shape index (κ2) is 8.59. The molecule has 0 fully saturated rings. The van der Waals surface area contributed by atoms with Gasteiger partial charge < -0.3 is 10.5 Å². The molecule has 3 aromatic heterocycles. The Balaban J connectivity index is 1.62. The van der Waals surface area contributed by atoms with Crippen molar-refractivity contribution in [2.45, 2.75) is 6.61 Å². The van der Waals surface area contributed by atoms with E-state index in [-0.39, 0.29) is 0 Å². The first kappa shape index (κ1) is 21.0. The van der Waals surface area contributed by atoms with Crippen molar-refractivity contribution in [3.8, 4) is 33.1 Å². The summed E-state index contributed by atoms with van der Waals surface area (Å²) in [6.07, 6.45) is 0. The highest BCUT2D eigenvalue weighted by Crippen LogP contribution is 2.34. The van der Waals surface area contributed by atoms with E-state index >= 15 is 0 Å². The SMILES string of the molecule is COCc1nn2c(N)c(-c3nc(-c4ccc(Br)cc4)cs3)nnc2c1-c1ccc(Cl)cc1. The Morgan fingerprint density at radius 2 is 1.78 bits per heavy atom. The van der Waals surface area contributed by atoms with Crippen molar-refractivity contribution >= 4 is 50.3 Å². The van der Waals surface area contributed by atoms with E-state index in [1.165, 1.54) is 11.3 Å². The maximum atomic E-state index is 6.50. The Morgan fingerprint density at radius 3 is 2.50 bits per heavy atom. The lowest BCUT2D eigenvalue weighted by atomic mass is 10.1. The predicted octanol–water partition coefficient (Wildman–Crippen LogP) is 5.73. The van der Waals surface area contributed by atoms with Crippen molar-refractivity contribution < 1.29 is 4.74 Å². The van der Waals surface area contributed by atoms with Crippen LogP contribution in [-0.2, 0) is 11.3 Å². The van der Waals surface area contributed by atoms with Crippen LogP contribution < -0.4 is 5.73 Å². The topological polar surface area (TPSA) is 91.2 Å². The Bertz CT molecular complexity index is 1420. The zero-order chi connectivity index (χ0) is 22.2. The van der Waals surface area contributed by atoms with Crippen molar-refractivity contribution in [1.82, 2.24) is 24.8 Å². The lowest BCUT2D eigenvalue weighted by molar-refractivity contribution is 0.181. The third kappa shape index (κ3) is 3.77. The van der Waals surface area contributed by atoms with Crippen molar-refractivity contribution in [2.75, 3.05) is 12.8 Å². The molecule has 0 aliphatic heterocycles. The molecule has 0 aliphatic rings. The predicted molar refractivity (Wildman–Crippen MR) is 131 cm³/mol. The van der Waals surface area contributed by atoms with Gasteiger partial charge in [-0.3, -0.25) is 0 Å². The molecule has 0 saturated heterocycles. The molecule has 10 heteroatoms. The number of hydrogen-bond donors (Lipinski definition) is 1. The van der Waals surface area contributed by atoms with E-state index in [0.717, 1.165) is 26.9 Å². The standard InChI is InChI=1S/C22H16BrClN6OS/c1-31-10-16-18(13-4-8-15(24)9-5-13)21-28-27-19(20(25)30(21)29-16)22-26-17(11-32-22)12-2-6-14(23)7-3-12/h2-9,11H,10,25H2,1H3. The number of nitrogens with zero attached hydrogens (tertiary/aromatic N) is 5. The second-order valence-corrected chi connectivity index (χ2v) is 9.19. The normalized spacial score (nSPS) is 11.3. The van der Waals surface area contributed by atoms with Crippen LogP contribution in [0, 0.1) is 0 Å². The summed E-state index contributed by atoms with van der Waals surface area (Å²) < 4.78 is 7.97. The molecule has 5 rings (SSSR count). The first-order chi connectivity index (χ1) is 15.5. The zero-order valence-corrected chi connectivity index (χ0v) is 19.9. The second-order valence-electron chi connectivity index (χ2n) is 6.98. The van der Waals surface area contributed by atoms with E-state index in [1.807, 2.05) is 53.9 Å². The van der Waals surface area contributed by atoms with E-state index in [2.05, 4.69) is 31.2 Å². The molecular formula is C22H16BrClN6OS. The lowest BCUT2D eigenvalue weighted by Crippen LogP contribution is -2.05. The number of ether oxygens (including phenoxy) is 1. The quantitative estimate of drug-likeness (QED) is 0.314. The molecule has 3 heterocycles. The van der Waals surface area contributed by atoms with Gasteiger partial charge in [-0.25, -0.2) is 4.98 Å². The van der Waals surface area contributed by atoms with Gasteiger partial charge >= 0.3 is 0 Å². The Labute approximate surface area is 201 Å². The van der Waals surface area contributed by atoms with Gasteiger partial charge in [-0.2, -0.15) is 9.61 Å². The minimum Gasteiger partial charge on any atom is -0.382 e. The molecule has 0 radical (unpaired) electrons. The molecule has 0 amide bonds. The minimum atomic E-state index is 0.307. The molecule has 32 heavy (non-hydrogen) atoms. The van der Waals surface area contributed by atoms with Gasteiger partial charge in [0.05, 0.1) is 23.6 Å². The highest BCUT2D eigenvalue weighted by molar-refractivity contribution is 9.10. The fourth-order valence-electron chi connectivity index (χ4n) is 3.40. The van der Waals surface area contributed by atoms with Crippen LogP contribution in [0.1, 0.15) is 5.69 Å². The Kier molecular flexibility index (Phi) is 5.64. The molecule has 7 nitrogen and oxygen atoms in total. The van der Waals surface area contributed by atoms with Gasteiger partial charge in [0, 0.05) is 27.5 Å². The maximum absolute atomic E-state index is 6.50. The molecule has 0 aliphatic carbocycles. The van der Waals surface area contributed by atoms with E-state index in [9.17, 15) is 0 Å². The van der Waals surface area contributed by atoms with Crippen molar-refractivity contribution in [3.63, 3.8) is 0 Å². The summed E-state index contributed by atoms with van der Waals surface area (Å²) in [5, 5.41) is 16.8. The average Bonchev–Trinajstić information content (AvgIpc) is 3.41. The number of fused-ring (bicyclic) bond motifs is 1. The smallest absolute Gasteiger partial charge is 0.187 e. The lowest BCUT2D eigenvalue weighted by Gasteiger charge is -2.04. The molecular weight excluding hydrogens is 512 g/mol. The third-order valence-electron chi connectivity index (χ3n) is 4.91. The number of nitrogens with two attached hydrogens (primary N) is 1. The van der Waals surface area contributed by atoms with Crippen LogP contribution in [0.4, 0.5) is 5.82 Å². The van der Waals surface area contributed by atoms with E-state index < -0.39 is 0 Å². The van der Waals surface area contributed by atoms with Gasteiger partial charge in [-0.15, -0.1) is 21.5 Å². The fourth-order valence-corrected chi connectivity index (χ4v) is 4.61. The van der Waals surface area contributed by atoms with Crippen LogP contribution in [0.15, 0.2) is 58.4 Å². The highest BCUT2D eigenvalue weighted by atomic mass is 79.9. The number of methoxy groups -OCH3 is 1. The molecule has 0 saturated carbocycles. The average molecular weight is 528 g/mol. The maximum Gasteiger partial charge on any atom is 0.187 e. The fraction of sp³-hybridized carbons (Fsp3) is 0.0909. The van der Waals surface area contributed by atoms with Crippen molar-refractivity contribution in [2.24, 2.45) is 0 Å². The zero-order valence-electron chi connectivity index (χ0n) is 16.8. The molecule has 160 valence electrons. The molecule has 0 spiro atoms. The van der Waals surface area contributed by atoms with Gasteiger partial charge in [-0.1, -0.05) is 51.8 Å². The number of nitrogen functional groups attached to an aromatic ring is 1. The summed E-state index contributed by atoms with van der Waals surface area (Å²) in [6.45, 7) is 0.307. The number of thiazole rings is 1. The first-order valence-electron chi connectivity index (χ1n) is 9.55. The summed E-state index contributed by atoms with van der Waals surface area (Å²) in [6, 6.07) is 15.4. The largest absolute Gasteiger partial charge is 0.382 e. The van der Waals surface area contributed by atoms with E-state index in [0.29, 0.717) is 39.5 Å². The summed E-state index contributed by atoms with van der Waals surface area (Å²) in [5.74, 6) is 0.365. The van der Waals surface area contributed by atoms with Gasteiger partial charge in [0.1, 0.15) is 5.01 Å². The first-order valence-corrected chi connectivity index (χ1v) is 11.6. The van der Waals surface area contributed by atoms with Gasteiger partial charge in [0.25, 0.3) is 0 Å². The van der Waals surface area contributed by atoms with Crippen LogP contribution in [0.25, 0.3) is 38.7 Å².